The van der Waals surface area contributed by atoms with E-state index >= 15 is 0 Å². The van der Waals surface area contributed by atoms with Gasteiger partial charge in [0.1, 0.15) is 17.3 Å². The minimum Gasteiger partial charge on any atom is -0.370 e. The van der Waals surface area contributed by atoms with Gasteiger partial charge in [0.25, 0.3) is 5.91 Å². The smallest absolute Gasteiger partial charge is 0.270 e. The van der Waals surface area contributed by atoms with E-state index in [-0.39, 0.29) is 11.7 Å². The Labute approximate surface area is 170 Å². The summed E-state index contributed by atoms with van der Waals surface area (Å²) >= 11 is 0. The van der Waals surface area contributed by atoms with Crippen LogP contribution in [0.5, 0.6) is 0 Å². The van der Waals surface area contributed by atoms with Gasteiger partial charge in [0.15, 0.2) is 5.82 Å². The van der Waals surface area contributed by atoms with Gasteiger partial charge in [0.05, 0.1) is 0 Å². The van der Waals surface area contributed by atoms with Crippen LogP contribution in [0, 0.1) is 11.7 Å². The molecule has 0 aliphatic carbocycles. The lowest BCUT2D eigenvalue weighted by atomic mass is 10.1. The van der Waals surface area contributed by atoms with Crippen molar-refractivity contribution in [2.24, 2.45) is 5.92 Å². The lowest BCUT2D eigenvalue weighted by Crippen LogP contribution is -2.27. The van der Waals surface area contributed by atoms with Crippen LogP contribution in [0.3, 0.4) is 0 Å². The molecular formula is C23H25FN4O. The number of amides is 1. The van der Waals surface area contributed by atoms with Crippen molar-refractivity contribution >= 4 is 11.7 Å². The molecule has 0 aliphatic heterocycles. The summed E-state index contributed by atoms with van der Waals surface area (Å²) in [5.41, 5.74) is 2.11. The molecule has 0 spiro atoms. The van der Waals surface area contributed by atoms with Crippen LogP contribution in [0.4, 0.5) is 10.2 Å². The number of nitrogens with one attached hydrogen (secondary N) is 2. The topological polar surface area (TPSA) is 66.9 Å². The minimum absolute atomic E-state index is 0.265. The van der Waals surface area contributed by atoms with Crippen LogP contribution in [-0.2, 0) is 6.42 Å². The first-order chi connectivity index (χ1) is 14.0. The molecular weight excluding hydrogens is 367 g/mol. The van der Waals surface area contributed by atoms with Gasteiger partial charge in [0, 0.05) is 24.7 Å². The van der Waals surface area contributed by atoms with Gasteiger partial charge < -0.3 is 10.6 Å². The van der Waals surface area contributed by atoms with Crippen LogP contribution in [0.1, 0.15) is 29.9 Å². The maximum absolute atomic E-state index is 13.0. The molecule has 0 fully saturated rings. The number of nitrogens with zero attached hydrogens (tertiary/aromatic N) is 2. The van der Waals surface area contributed by atoms with Crippen molar-refractivity contribution in [1.82, 2.24) is 15.3 Å². The number of aromatic nitrogens is 2. The Balaban J connectivity index is 1.74. The number of carbonyl (C=O) groups is 1. The number of rotatable bonds is 8. The van der Waals surface area contributed by atoms with E-state index in [4.69, 9.17) is 0 Å². The molecule has 3 rings (SSSR count). The Bertz CT molecular complexity index is 943. The number of halogens is 1. The molecule has 0 unspecified atom stereocenters. The van der Waals surface area contributed by atoms with Gasteiger partial charge in [0.2, 0.25) is 0 Å². The predicted octanol–water partition coefficient (Wildman–Crippen LogP) is 4.32. The second-order valence-corrected chi connectivity index (χ2v) is 7.24. The number of anilines is 1. The lowest BCUT2D eigenvalue weighted by molar-refractivity contribution is 0.0949. The van der Waals surface area contributed by atoms with Crippen molar-refractivity contribution in [3.8, 4) is 11.4 Å². The molecule has 0 atom stereocenters. The zero-order valence-corrected chi connectivity index (χ0v) is 16.7. The van der Waals surface area contributed by atoms with Gasteiger partial charge in [-0.3, -0.25) is 4.79 Å². The predicted molar refractivity (Wildman–Crippen MR) is 113 cm³/mol. The van der Waals surface area contributed by atoms with Crippen LogP contribution in [0.25, 0.3) is 11.4 Å². The van der Waals surface area contributed by atoms with Crippen molar-refractivity contribution in [2.45, 2.75) is 20.3 Å². The number of carbonyl (C=O) groups excluding carboxylic acids is 1. The van der Waals surface area contributed by atoms with Gasteiger partial charge in [-0.2, -0.15) is 0 Å². The first-order valence-electron chi connectivity index (χ1n) is 9.72. The molecule has 1 amide bonds. The van der Waals surface area contributed by atoms with E-state index in [0.717, 1.165) is 17.7 Å². The van der Waals surface area contributed by atoms with E-state index in [9.17, 15) is 9.18 Å². The minimum atomic E-state index is -0.270. The van der Waals surface area contributed by atoms with Gasteiger partial charge >= 0.3 is 0 Å². The summed E-state index contributed by atoms with van der Waals surface area (Å²) in [6.07, 6.45) is 0.612. The first-order valence-corrected chi connectivity index (χ1v) is 9.72. The summed E-state index contributed by atoms with van der Waals surface area (Å²) in [7, 11) is 0. The molecule has 2 N–H and O–H groups in total. The highest BCUT2D eigenvalue weighted by atomic mass is 19.1. The van der Waals surface area contributed by atoms with E-state index in [2.05, 4.69) is 34.4 Å². The summed E-state index contributed by atoms with van der Waals surface area (Å²) in [5, 5.41) is 6.15. The summed E-state index contributed by atoms with van der Waals surface area (Å²) in [4.78, 5) is 21.7. The van der Waals surface area contributed by atoms with Gasteiger partial charge in [-0.15, -0.1) is 0 Å². The summed E-state index contributed by atoms with van der Waals surface area (Å²) in [6, 6.07) is 17.5. The maximum Gasteiger partial charge on any atom is 0.270 e. The third-order valence-corrected chi connectivity index (χ3v) is 4.29. The Morgan fingerprint density at radius 3 is 2.45 bits per heavy atom. The number of hydrogen-bond acceptors (Lipinski definition) is 4. The van der Waals surface area contributed by atoms with Crippen molar-refractivity contribution in [2.75, 3.05) is 18.4 Å². The zero-order chi connectivity index (χ0) is 20.6. The van der Waals surface area contributed by atoms with Crippen LogP contribution in [-0.4, -0.2) is 29.0 Å². The maximum atomic E-state index is 13.0. The highest BCUT2D eigenvalue weighted by Gasteiger charge is 2.13. The Kier molecular flexibility index (Phi) is 6.89. The van der Waals surface area contributed by atoms with Crippen molar-refractivity contribution in [1.29, 1.82) is 0 Å². The fraction of sp³-hybridized carbons (Fsp3) is 0.261. The normalized spacial score (nSPS) is 10.8. The summed E-state index contributed by atoms with van der Waals surface area (Å²) in [6.45, 7) is 5.39. The van der Waals surface area contributed by atoms with Crippen LogP contribution in [0.2, 0.25) is 0 Å². The molecule has 1 aromatic heterocycles. The van der Waals surface area contributed by atoms with E-state index in [1.54, 1.807) is 18.2 Å². The highest BCUT2D eigenvalue weighted by Crippen LogP contribution is 2.18. The van der Waals surface area contributed by atoms with Crippen molar-refractivity contribution in [3.05, 3.63) is 77.7 Å². The first kappa shape index (κ1) is 20.5. The van der Waals surface area contributed by atoms with Crippen LogP contribution in [0.15, 0.2) is 60.7 Å². The zero-order valence-electron chi connectivity index (χ0n) is 16.7. The monoisotopic (exact) mass is 392 g/mol. The number of benzene rings is 2. The molecule has 0 saturated carbocycles. The van der Waals surface area contributed by atoms with E-state index in [1.165, 1.54) is 12.1 Å². The van der Waals surface area contributed by atoms with Crippen LogP contribution >= 0.6 is 0 Å². The Hall–Kier alpha value is -3.28. The SMILES string of the molecule is CC(C)CNc1cc(C(=O)NCCc2ccc(F)cc2)nc(-c2ccccc2)n1. The molecule has 0 aliphatic rings. The second kappa shape index (κ2) is 9.78. The molecule has 29 heavy (non-hydrogen) atoms. The van der Waals surface area contributed by atoms with E-state index < -0.39 is 0 Å². The molecule has 6 heteroatoms. The molecule has 3 aromatic rings. The highest BCUT2D eigenvalue weighted by molar-refractivity contribution is 5.93. The number of hydrogen-bond donors (Lipinski definition) is 2. The van der Waals surface area contributed by atoms with Gasteiger partial charge in [-0.1, -0.05) is 56.3 Å². The molecule has 0 radical (unpaired) electrons. The third kappa shape index (κ3) is 6.10. The second-order valence-electron chi connectivity index (χ2n) is 7.24. The largest absolute Gasteiger partial charge is 0.370 e. The molecule has 1 heterocycles. The summed E-state index contributed by atoms with van der Waals surface area (Å²) < 4.78 is 13.0. The molecule has 150 valence electrons. The van der Waals surface area contributed by atoms with Crippen molar-refractivity contribution in [3.63, 3.8) is 0 Å². The van der Waals surface area contributed by atoms with Crippen molar-refractivity contribution < 1.29 is 9.18 Å². The molecule has 2 aromatic carbocycles. The fourth-order valence-corrected chi connectivity index (χ4v) is 2.74. The fourth-order valence-electron chi connectivity index (χ4n) is 2.74. The molecule has 0 saturated heterocycles. The average Bonchev–Trinajstić information content (AvgIpc) is 2.74. The Morgan fingerprint density at radius 1 is 1.03 bits per heavy atom. The van der Waals surface area contributed by atoms with E-state index in [1.807, 2.05) is 30.3 Å². The van der Waals surface area contributed by atoms with E-state index in [0.29, 0.717) is 36.2 Å². The Morgan fingerprint density at radius 2 is 1.76 bits per heavy atom. The standard InChI is InChI=1S/C23H25FN4O/c1-16(2)15-26-21-14-20(27-22(28-21)18-6-4-3-5-7-18)23(29)25-13-12-17-8-10-19(24)11-9-17/h3-11,14,16H,12-13,15H2,1-2H3,(H,25,29)(H,26,27,28). The lowest BCUT2D eigenvalue weighted by Gasteiger charge is -2.12. The van der Waals surface area contributed by atoms with Gasteiger partial charge in [-0.25, -0.2) is 14.4 Å². The third-order valence-electron chi connectivity index (χ3n) is 4.29. The average molecular weight is 392 g/mol. The quantitative estimate of drug-likeness (QED) is 0.599. The van der Waals surface area contributed by atoms with Crippen LogP contribution < -0.4 is 10.6 Å². The molecule has 5 nitrogen and oxygen atoms in total. The summed E-state index contributed by atoms with van der Waals surface area (Å²) in [5.74, 6) is 1.03. The van der Waals surface area contributed by atoms with Gasteiger partial charge in [-0.05, 0) is 30.0 Å². The molecule has 0 bridgehead atoms.